The van der Waals surface area contributed by atoms with Crippen LogP contribution in [0.15, 0.2) is 48.7 Å². The Labute approximate surface area is 140 Å². The number of hydrogen-bond acceptors (Lipinski definition) is 1. The first-order valence-corrected chi connectivity index (χ1v) is 8.86. The van der Waals surface area contributed by atoms with Crippen molar-refractivity contribution in [2.75, 3.05) is 0 Å². The first-order chi connectivity index (χ1) is 11.2. The molecule has 1 aromatic carbocycles. The predicted molar refractivity (Wildman–Crippen MR) is 95.1 cm³/mol. The molecule has 0 aliphatic carbocycles. The van der Waals surface area contributed by atoms with E-state index in [1.54, 1.807) is 12.1 Å². The second-order valence-corrected chi connectivity index (χ2v) is 6.51. The lowest BCUT2D eigenvalue weighted by Crippen LogP contribution is -2.30. The van der Waals surface area contributed by atoms with Crippen molar-refractivity contribution in [3.63, 3.8) is 0 Å². The largest absolute Gasteiger partial charge is 0.261 e. The number of aromatic nitrogens is 1. The number of hydrogen-bond donors (Lipinski definition) is 0. The van der Waals surface area contributed by atoms with Crippen LogP contribution in [0.25, 0.3) is 0 Å². The quantitative estimate of drug-likeness (QED) is 0.546. The third kappa shape index (κ3) is 4.89. The molecule has 0 N–H and O–H groups in total. The minimum Gasteiger partial charge on any atom is -0.261 e. The van der Waals surface area contributed by atoms with E-state index in [4.69, 9.17) is 4.98 Å². The minimum atomic E-state index is -0.167. The van der Waals surface area contributed by atoms with E-state index >= 15 is 0 Å². The summed E-state index contributed by atoms with van der Waals surface area (Å²) in [5.41, 5.74) is 2.45. The molecular weight excluding hydrogens is 285 g/mol. The van der Waals surface area contributed by atoms with Crippen LogP contribution in [0.5, 0.6) is 0 Å². The van der Waals surface area contributed by atoms with E-state index < -0.39 is 0 Å². The second kappa shape index (κ2) is 8.81. The first-order valence-electron chi connectivity index (χ1n) is 8.86. The molecule has 1 aromatic heterocycles. The molecule has 0 aliphatic rings. The summed E-state index contributed by atoms with van der Waals surface area (Å²) in [7, 11) is 0. The molecule has 0 unspecified atom stereocenters. The zero-order valence-electron chi connectivity index (χ0n) is 14.4. The molecule has 1 heterocycles. The van der Waals surface area contributed by atoms with Crippen LogP contribution < -0.4 is 0 Å². The fraction of sp³-hybridized carbons (Fsp3) is 0.476. The maximum Gasteiger partial charge on any atom is 0.123 e. The Morgan fingerprint density at radius 2 is 1.57 bits per heavy atom. The van der Waals surface area contributed by atoms with E-state index in [1.807, 2.05) is 24.4 Å². The highest BCUT2D eigenvalue weighted by molar-refractivity contribution is 5.25. The zero-order valence-corrected chi connectivity index (χ0v) is 14.4. The van der Waals surface area contributed by atoms with Gasteiger partial charge < -0.3 is 0 Å². The fourth-order valence-corrected chi connectivity index (χ4v) is 3.35. The van der Waals surface area contributed by atoms with Crippen molar-refractivity contribution in [1.82, 2.24) is 4.98 Å². The van der Waals surface area contributed by atoms with Crippen molar-refractivity contribution in [3.8, 4) is 0 Å². The molecule has 0 radical (unpaired) electrons. The Morgan fingerprint density at radius 3 is 2.09 bits per heavy atom. The van der Waals surface area contributed by atoms with Crippen molar-refractivity contribution in [1.29, 1.82) is 0 Å². The van der Waals surface area contributed by atoms with Crippen molar-refractivity contribution in [3.05, 3.63) is 65.7 Å². The number of pyridine rings is 1. The van der Waals surface area contributed by atoms with Crippen LogP contribution in [0.3, 0.4) is 0 Å². The Balaban J connectivity index is 2.35. The summed E-state index contributed by atoms with van der Waals surface area (Å²) in [6.07, 6.45) is 9.87. The van der Waals surface area contributed by atoms with Gasteiger partial charge in [0.05, 0.1) is 0 Å². The highest BCUT2D eigenvalue weighted by Gasteiger charge is 2.32. The third-order valence-corrected chi connectivity index (χ3v) is 4.68. The molecule has 124 valence electrons. The zero-order chi connectivity index (χ0) is 16.5. The molecule has 23 heavy (non-hydrogen) atoms. The Bertz CT molecular complexity index is 554. The average Bonchev–Trinajstić information content (AvgIpc) is 2.60. The second-order valence-electron chi connectivity index (χ2n) is 6.51. The van der Waals surface area contributed by atoms with Crippen LogP contribution in [0.1, 0.15) is 63.6 Å². The van der Waals surface area contributed by atoms with Crippen molar-refractivity contribution >= 4 is 0 Å². The molecule has 2 rings (SSSR count). The molecular formula is C21H28FN. The van der Waals surface area contributed by atoms with Crippen molar-refractivity contribution < 1.29 is 4.39 Å². The highest BCUT2D eigenvalue weighted by atomic mass is 19.1. The van der Waals surface area contributed by atoms with Gasteiger partial charge in [-0.25, -0.2) is 4.39 Å². The lowest BCUT2D eigenvalue weighted by atomic mass is 9.71. The Hall–Kier alpha value is -1.70. The first kappa shape index (κ1) is 17.7. The van der Waals surface area contributed by atoms with Crippen molar-refractivity contribution in [2.24, 2.45) is 0 Å². The standard InChI is InChI=1S/C21H28FN/c1-3-5-14-21(15-6-4-2,20-9-7-8-16-23-20)17-18-10-12-19(22)13-11-18/h7-13,16H,3-6,14-15,17H2,1-2H3. The van der Waals surface area contributed by atoms with Crippen LogP contribution in [-0.2, 0) is 11.8 Å². The number of benzene rings is 1. The monoisotopic (exact) mass is 313 g/mol. The van der Waals surface area contributed by atoms with Gasteiger partial charge in [-0.05, 0) is 49.1 Å². The summed E-state index contributed by atoms with van der Waals surface area (Å²) in [5, 5.41) is 0. The van der Waals surface area contributed by atoms with Crippen LogP contribution >= 0.6 is 0 Å². The summed E-state index contributed by atoms with van der Waals surface area (Å²) in [6, 6.07) is 13.2. The van der Waals surface area contributed by atoms with Crippen LogP contribution in [0, 0.1) is 5.82 Å². The van der Waals surface area contributed by atoms with Gasteiger partial charge in [0.25, 0.3) is 0 Å². The van der Waals surface area contributed by atoms with Gasteiger partial charge in [-0.1, -0.05) is 57.7 Å². The smallest absolute Gasteiger partial charge is 0.123 e. The number of rotatable bonds is 9. The lowest BCUT2D eigenvalue weighted by Gasteiger charge is -2.34. The van der Waals surface area contributed by atoms with Crippen molar-refractivity contribution in [2.45, 2.75) is 64.2 Å². The molecule has 0 saturated heterocycles. The maximum atomic E-state index is 13.2. The molecule has 2 heteroatoms. The summed E-state index contributed by atoms with van der Waals surface area (Å²) in [4.78, 5) is 4.70. The molecule has 2 aromatic rings. The van der Waals surface area contributed by atoms with Gasteiger partial charge in [0.15, 0.2) is 0 Å². The van der Waals surface area contributed by atoms with E-state index in [0.29, 0.717) is 0 Å². The maximum absolute atomic E-state index is 13.2. The number of halogens is 1. The number of unbranched alkanes of at least 4 members (excludes halogenated alkanes) is 2. The van der Waals surface area contributed by atoms with Gasteiger partial charge in [-0.3, -0.25) is 4.98 Å². The van der Waals surface area contributed by atoms with Gasteiger partial charge in [0.1, 0.15) is 5.82 Å². The molecule has 0 saturated carbocycles. The molecule has 0 aliphatic heterocycles. The summed E-state index contributed by atoms with van der Waals surface area (Å²) >= 11 is 0. The molecule has 0 bridgehead atoms. The van der Waals surface area contributed by atoms with Gasteiger partial charge in [-0.15, -0.1) is 0 Å². The van der Waals surface area contributed by atoms with Gasteiger partial charge in [0, 0.05) is 17.3 Å². The highest BCUT2D eigenvalue weighted by Crippen LogP contribution is 2.37. The Kier molecular flexibility index (Phi) is 6.76. The topological polar surface area (TPSA) is 12.9 Å². The van der Waals surface area contributed by atoms with Crippen LogP contribution in [0.2, 0.25) is 0 Å². The molecule has 0 amide bonds. The minimum absolute atomic E-state index is 0.0606. The SMILES string of the molecule is CCCCC(CCCC)(Cc1ccc(F)cc1)c1ccccn1. The average molecular weight is 313 g/mol. The fourth-order valence-electron chi connectivity index (χ4n) is 3.35. The van der Waals surface area contributed by atoms with Crippen LogP contribution in [0.4, 0.5) is 4.39 Å². The lowest BCUT2D eigenvalue weighted by molar-refractivity contribution is 0.329. The van der Waals surface area contributed by atoms with E-state index in [0.717, 1.165) is 19.3 Å². The summed E-state index contributed by atoms with van der Waals surface area (Å²) in [5.74, 6) is -0.167. The summed E-state index contributed by atoms with van der Waals surface area (Å²) in [6.45, 7) is 4.47. The molecule has 0 spiro atoms. The summed E-state index contributed by atoms with van der Waals surface area (Å²) < 4.78 is 13.2. The molecule has 1 nitrogen and oxygen atoms in total. The molecule has 0 fully saturated rings. The van der Waals surface area contributed by atoms with Crippen LogP contribution in [-0.4, -0.2) is 4.98 Å². The predicted octanol–water partition coefficient (Wildman–Crippen LogP) is 6.08. The molecule has 0 atom stereocenters. The Morgan fingerprint density at radius 1 is 0.913 bits per heavy atom. The number of nitrogens with zero attached hydrogens (tertiary/aromatic N) is 1. The third-order valence-electron chi connectivity index (χ3n) is 4.68. The van der Waals surface area contributed by atoms with E-state index in [1.165, 1.54) is 36.9 Å². The van der Waals surface area contributed by atoms with E-state index in [-0.39, 0.29) is 11.2 Å². The van der Waals surface area contributed by atoms with Gasteiger partial charge in [0.2, 0.25) is 0 Å². The normalized spacial score (nSPS) is 11.6. The van der Waals surface area contributed by atoms with Gasteiger partial charge in [-0.2, -0.15) is 0 Å². The van der Waals surface area contributed by atoms with E-state index in [2.05, 4.69) is 26.0 Å². The van der Waals surface area contributed by atoms with E-state index in [9.17, 15) is 4.39 Å². The van der Waals surface area contributed by atoms with Gasteiger partial charge >= 0.3 is 0 Å².